The molecule has 1 N–H and O–H groups in total. The number of piperazine rings is 1. The number of hydrogen-bond donors (Lipinski definition) is 1. The molecule has 0 amide bonds. The molecule has 8 rings (SSSR count). The van der Waals surface area contributed by atoms with Crippen LogP contribution in [0.3, 0.4) is 0 Å². The van der Waals surface area contributed by atoms with Crippen molar-refractivity contribution in [2.45, 2.75) is 51.1 Å². The number of methoxy groups -OCH3 is 1. The van der Waals surface area contributed by atoms with Crippen molar-refractivity contribution in [2.24, 2.45) is 18.4 Å². The van der Waals surface area contributed by atoms with Crippen molar-refractivity contribution in [3.63, 3.8) is 0 Å². The van der Waals surface area contributed by atoms with Gasteiger partial charge >= 0.3 is 6.01 Å². The van der Waals surface area contributed by atoms with Crippen molar-refractivity contribution in [1.29, 1.82) is 0 Å². The van der Waals surface area contributed by atoms with Crippen molar-refractivity contribution in [3.8, 4) is 35.2 Å². The molecule has 3 aliphatic rings. The first-order valence-electron chi connectivity index (χ1n) is 18.8. The number of aromatic hydroxyl groups is 1. The number of phenolic OH excluding ortho intramolecular Hbond substituents is 1. The summed E-state index contributed by atoms with van der Waals surface area (Å²) in [6.07, 6.45) is 8.07. The van der Waals surface area contributed by atoms with Crippen molar-refractivity contribution < 1.29 is 32.1 Å². The van der Waals surface area contributed by atoms with E-state index in [4.69, 9.17) is 31.0 Å². The van der Waals surface area contributed by atoms with Gasteiger partial charge in [-0.1, -0.05) is 18.9 Å². The molecule has 290 valence electrons. The number of piperidine rings is 1. The van der Waals surface area contributed by atoms with Crippen LogP contribution in [0, 0.1) is 35.3 Å². The molecule has 2 bridgehead atoms. The minimum absolute atomic E-state index is 0.0220. The molecule has 3 fully saturated rings. The molecule has 5 aromatic rings. The van der Waals surface area contributed by atoms with E-state index >= 15 is 8.78 Å². The number of aromatic nitrogens is 4. The average Bonchev–Trinajstić information content (AvgIpc) is 3.65. The number of aryl methyl sites for hydroxylation is 1. The van der Waals surface area contributed by atoms with Crippen LogP contribution in [0.4, 0.5) is 23.4 Å². The zero-order chi connectivity index (χ0) is 38.8. The fourth-order valence-electron chi connectivity index (χ4n) is 9.46. The highest BCUT2D eigenvalue weighted by Gasteiger charge is 2.45. The van der Waals surface area contributed by atoms with Gasteiger partial charge in [0.2, 0.25) is 6.43 Å². The van der Waals surface area contributed by atoms with Gasteiger partial charge in [0.25, 0.3) is 0 Å². The number of rotatable bonds is 10. The Morgan fingerprint density at radius 2 is 1.82 bits per heavy atom. The molecule has 0 saturated carbocycles. The third-order valence-electron chi connectivity index (χ3n) is 11.9. The molecule has 0 unspecified atom stereocenters. The quantitative estimate of drug-likeness (QED) is 0.0963. The summed E-state index contributed by atoms with van der Waals surface area (Å²) >= 11 is 0. The van der Waals surface area contributed by atoms with Gasteiger partial charge in [0.05, 0.1) is 17.6 Å². The molecular weight excluding hydrogens is 714 g/mol. The van der Waals surface area contributed by atoms with Gasteiger partial charge in [-0.05, 0) is 68.4 Å². The fraction of sp³-hybridized carbons (Fsp3) is 0.488. The Hall–Kier alpha value is -4.71. The van der Waals surface area contributed by atoms with E-state index < -0.39 is 29.4 Å². The predicted octanol–water partition coefficient (Wildman–Crippen LogP) is 6.59. The molecule has 3 aliphatic heterocycles. The molecule has 4 atom stereocenters. The molecule has 10 nitrogen and oxygen atoms in total. The topological polar surface area (TPSA) is 92.0 Å². The van der Waals surface area contributed by atoms with Crippen LogP contribution in [-0.2, 0) is 11.8 Å². The first-order valence-corrected chi connectivity index (χ1v) is 18.8. The number of benzene rings is 3. The summed E-state index contributed by atoms with van der Waals surface area (Å²) in [6, 6.07) is 5.49. The van der Waals surface area contributed by atoms with Crippen LogP contribution in [-0.4, -0.2) is 113 Å². The van der Waals surface area contributed by atoms with Crippen molar-refractivity contribution >= 4 is 38.4 Å². The van der Waals surface area contributed by atoms with E-state index in [9.17, 15) is 13.9 Å². The number of alkyl halides is 2. The SMILES string of the molecule is C#Cc1c(F)ccc2cc(O)cc(-c3c(F)c4nc(OC[C@]5(C)CN(C)CC[C@@H]5C(F)F)nc(N5[C@@H]6CC[C@H]5CN(CCCOC)C6)c4c4cn(C)nc34)c12. The lowest BCUT2D eigenvalue weighted by Gasteiger charge is -2.44. The maximum Gasteiger partial charge on any atom is 0.319 e. The second kappa shape index (κ2) is 14.4. The van der Waals surface area contributed by atoms with Crippen LogP contribution in [0.2, 0.25) is 0 Å². The van der Waals surface area contributed by atoms with Gasteiger partial charge in [-0.15, -0.1) is 6.42 Å². The molecule has 0 aliphatic carbocycles. The highest BCUT2D eigenvalue weighted by molar-refractivity contribution is 6.18. The minimum atomic E-state index is -2.54. The Kier molecular flexibility index (Phi) is 9.76. The lowest BCUT2D eigenvalue weighted by atomic mass is 9.73. The summed E-state index contributed by atoms with van der Waals surface area (Å²) in [7, 11) is 5.32. The molecule has 55 heavy (non-hydrogen) atoms. The van der Waals surface area contributed by atoms with Gasteiger partial charge in [-0.2, -0.15) is 15.1 Å². The molecular formula is C41H45F4N7O3. The normalized spacial score (nSPS) is 23.4. The number of anilines is 1. The van der Waals surface area contributed by atoms with Crippen LogP contribution in [0.25, 0.3) is 43.7 Å². The molecule has 3 aromatic carbocycles. The highest BCUT2D eigenvalue weighted by Crippen LogP contribution is 2.47. The monoisotopic (exact) mass is 759 g/mol. The Balaban J connectivity index is 1.34. The summed E-state index contributed by atoms with van der Waals surface area (Å²) in [5, 5.41) is 17.2. The second-order valence-corrected chi connectivity index (χ2v) is 15.8. The molecule has 0 spiro atoms. The van der Waals surface area contributed by atoms with Gasteiger partial charge in [-0.3, -0.25) is 9.58 Å². The largest absolute Gasteiger partial charge is 0.508 e. The Labute approximate surface area is 317 Å². The zero-order valence-electron chi connectivity index (χ0n) is 31.5. The predicted molar refractivity (Wildman–Crippen MR) is 204 cm³/mol. The summed E-state index contributed by atoms with van der Waals surface area (Å²) in [5.74, 6) is 0.371. The van der Waals surface area contributed by atoms with Gasteiger partial charge in [0.1, 0.15) is 28.4 Å². The van der Waals surface area contributed by atoms with Crippen molar-refractivity contribution in [3.05, 3.63) is 47.7 Å². The Morgan fingerprint density at radius 3 is 2.53 bits per heavy atom. The Bertz CT molecular complexity index is 2320. The van der Waals surface area contributed by atoms with Gasteiger partial charge < -0.3 is 24.4 Å². The van der Waals surface area contributed by atoms with Crippen LogP contribution >= 0.6 is 0 Å². The van der Waals surface area contributed by atoms with Gasteiger partial charge in [0.15, 0.2) is 5.82 Å². The number of fused-ring (bicyclic) bond motifs is 6. The maximum absolute atomic E-state index is 17.8. The van der Waals surface area contributed by atoms with Crippen molar-refractivity contribution in [1.82, 2.24) is 29.5 Å². The lowest BCUT2D eigenvalue weighted by Crippen LogP contribution is -2.54. The van der Waals surface area contributed by atoms with Crippen LogP contribution in [0.15, 0.2) is 30.5 Å². The number of halogens is 4. The minimum Gasteiger partial charge on any atom is -0.508 e. The van der Waals surface area contributed by atoms with E-state index in [1.807, 2.05) is 11.9 Å². The second-order valence-electron chi connectivity index (χ2n) is 15.8. The van der Waals surface area contributed by atoms with E-state index in [0.717, 1.165) is 38.9 Å². The molecule has 0 radical (unpaired) electrons. The smallest absolute Gasteiger partial charge is 0.319 e. The highest BCUT2D eigenvalue weighted by atomic mass is 19.3. The standard InChI is InChI=1S/C41H45F4N7O3/c1-6-27-31(42)11-8-23-16-26(53)17-28(32(23)27)33-35(43)37-34(29-20-50(4)48-36(29)33)39(52-24-9-10-25(52)19-51(18-24)13-7-15-54-5)47-40(46-37)55-22-41(2)21-49(3)14-12-30(41)38(44)45/h1,8,11,16-17,20,24-25,30,38,53H,7,9-10,12-15,18-19,21-22H2,2-5H3/t24-,25+,30-,41+/m1/s1. The zero-order valence-corrected chi connectivity index (χ0v) is 31.5. The third kappa shape index (κ3) is 6.49. The van der Waals surface area contributed by atoms with Gasteiger partial charge in [-0.25, -0.2) is 17.6 Å². The van der Waals surface area contributed by atoms with E-state index in [1.165, 1.54) is 24.3 Å². The van der Waals surface area contributed by atoms with E-state index in [1.54, 1.807) is 32.0 Å². The number of ether oxygens (including phenoxy) is 2. The first-order chi connectivity index (χ1) is 26.4. The molecule has 3 saturated heterocycles. The third-order valence-corrected chi connectivity index (χ3v) is 11.9. The summed E-state index contributed by atoms with van der Waals surface area (Å²) < 4.78 is 75.0. The Morgan fingerprint density at radius 1 is 1.05 bits per heavy atom. The van der Waals surface area contributed by atoms with Gasteiger partial charge in [0, 0.05) is 92.9 Å². The number of nitrogens with zero attached hydrogens (tertiary/aromatic N) is 7. The van der Waals surface area contributed by atoms with E-state index in [0.29, 0.717) is 48.1 Å². The van der Waals surface area contributed by atoms with E-state index in [2.05, 4.69) is 15.7 Å². The number of phenols is 1. The molecule has 14 heteroatoms. The summed E-state index contributed by atoms with van der Waals surface area (Å²) in [5.41, 5.74) is -0.693. The maximum atomic E-state index is 17.8. The molecule has 5 heterocycles. The fourth-order valence-corrected chi connectivity index (χ4v) is 9.46. The number of terminal acetylenes is 1. The number of likely N-dealkylation sites (tertiary alicyclic amines) is 2. The average molecular weight is 760 g/mol. The number of hydrogen-bond acceptors (Lipinski definition) is 9. The molecule has 2 aromatic heterocycles. The van der Waals surface area contributed by atoms with E-state index in [-0.39, 0.29) is 63.6 Å². The first kappa shape index (κ1) is 37.2. The van der Waals surface area contributed by atoms with Crippen LogP contribution < -0.4 is 9.64 Å². The summed E-state index contributed by atoms with van der Waals surface area (Å²) in [6.45, 7) is 5.70. The summed E-state index contributed by atoms with van der Waals surface area (Å²) in [4.78, 5) is 16.4. The van der Waals surface area contributed by atoms with Crippen molar-refractivity contribution in [2.75, 3.05) is 65.0 Å². The van der Waals surface area contributed by atoms with Crippen LogP contribution in [0.5, 0.6) is 11.8 Å². The lowest BCUT2D eigenvalue weighted by molar-refractivity contribution is -0.0679. The van der Waals surface area contributed by atoms with Crippen LogP contribution in [0.1, 0.15) is 38.2 Å².